The van der Waals surface area contributed by atoms with Gasteiger partial charge in [-0.15, -0.1) is 0 Å². The van der Waals surface area contributed by atoms with Crippen molar-refractivity contribution < 1.29 is 8.78 Å². The molecule has 0 N–H and O–H groups in total. The van der Waals surface area contributed by atoms with Crippen molar-refractivity contribution in [3.05, 3.63) is 11.4 Å². The summed E-state index contributed by atoms with van der Waals surface area (Å²) >= 11 is 0. The van der Waals surface area contributed by atoms with E-state index in [1.165, 1.54) is 0 Å². The van der Waals surface area contributed by atoms with Crippen molar-refractivity contribution in [3.8, 4) is 0 Å². The fourth-order valence-corrected chi connectivity index (χ4v) is 1.04. The topological polar surface area (TPSA) is 4.36 Å². The molecule has 1 aliphatic rings. The van der Waals surface area contributed by atoms with E-state index in [0.717, 1.165) is 0 Å². The second-order valence-corrected chi connectivity index (χ2v) is 2.38. The Hall–Kier alpha value is -0.650. The largest absolute Gasteiger partial charge is 0.313 e. The van der Waals surface area contributed by atoms with Gasteiger partial charge in [0.2, 0.25) is 6.04 Å². The van der Waals surface area contributed by atoms with Crippen LogP contribution in [-0.4, -0.2) is 12.0 Å². The van der Waals surface area contributed by atoms with Crippen LogP contribution in [0.5, 0.6) is 0 Å². The molecular weight excluding hydrogens is 124 g/mol. The van der Waals surface area contributed by atoms with Crippen LogP contribution < -0.4 is 0 Å². The van der Waals surface area contributed by atoms with Crippen LogP contribution in [0.2, 0.25) is 0 Å². The number of hydrogen-bond acceptors (Lipinski definition) is 0. The highest BCUT2D eigenvalue weighted by molar-refractivity contribution is 4.92. The van der Waals surface area contributed by atoms with E-state index in [-0.39, 0.29) is 12.8 Å². The van der Waals surface area contributed by atoms with E-state index in [9.17, 15) is 8.78 Å². The van der Waals surface area contributed by atoms with Crippen molar-refractivity contribution >= 4 is 0 Å². The van der Waals surface area contributed by atoms with E-state index in [1.807, 2.05) is 0 Å². The van der Waals surface area contributed by atoms with Crippen molar-refractivity contribution in [2.45, 2.75) is 31.2 Å². The van der Waals surface area contributed by atoms with Gasteiger partial charge < -0.3 is 4.85 Å². The lowest BCUT2D eigenvalue weighted by Crippen LogP contribution is -2.09. The summed E-state index contributed by atoms with van der Waals surface area (Å²) in [5.41, 5.74) is 0. The molecule has 0 spiro atoms. The Labute approximate surface area is 52.5 Å². The zero-order valence-electron chi connectivity index (χ0n) is 4.90. The third kappa shape index (κ3) is 1.38. The van der Waals surface area contributed by atoms with Crippen LogP contribution in [0.4, 0.5) is 8.78 Å². The van der Waals surface area contributed by atoms with Crippen molar-refractivity contribution in [2.24, 2.45) is 0 Å². The van der Waals surface area contributed by atoms with Crippen LogP contribution >= 0.6 is 0 Å². The maximum absolute atomic E-state index is 12.2. The molecule has 0 saturated heterocycles. The molecule has 0 aromatic rings. The maximum atomic E-state index is 12.2. The molecule has 0 aromatic heterocycles. The lowest BCUT2D eigenvalue weighted by Gasteiger charge is -2.02. The van der Waals surface area contributed by atoms with E-state index in [0.29, 0.717) is 6.42 Å². The van der Waals surface area contributed by atoms with E-state index < -0.39 is 12.0 Å². The molecule has 0 aromatic carbocycles. The second-order valence-electron chi connectivity index (χ2n) is 2.38. The Bertz CT molecular complexity index is 148. The fourth-order valence-electron chi connectivity index (χ4n) is 1.04. The molecule has 1 rings (SSSR count). The number of nitrogens with zero attached hydrogens (tertiary/aromatic N) is 1. The highest BCUT2D eigenvalue weighted by Gasteiger charge is 2.42. The quantitative estimate of drug-likeness (QED) is 0.443. The Morgan fingerprint density at radius 3 is 2.44 bits per heavy atom. The summed E-state index contributed by atoms with van der Waals surface area (Å²) in [6.45, 7) is 6.47. The van der Waals surface area contributed by atoms with Crippen LogP contribution in [0.25, 0.3) is 4.85 Å². The monoisotopic (exact) mass is 131 g/mol. The third-order valence-electron chi connectivity index (χ3n) is 1.56. The van der Waals surface area contributed by atoms with Gasteiger partial charge in [0.25, 0.3) is 5.92 Å². The Morgan fingerprint density at radius 2 is 2.22 bits per heavy atom. The van der Waals surface area contributed by atoms with Crippen LogP contribution in [0.3, 0.4) is 0 Å². The zero-order chi connectivity index (χ0) is 6.91. The molecule has 1 fully saturated rings. The Kier molecular flexibility index (Phi) is 1.40. The molecule has 1 atom stereocenters. The fraction of sp³-hybridized carbons (Fsp3) is 0.833. The molecule has 0 amide bonds. The van der Waals surface area contributed by atoms with E-state index in [1.54, 1.807) is 0 Å². The molecule has 0 heterocycles. The van der Waals surface area contributed by atoms with Gasteiger partial charge in [-0.25, -0.2) is 15.4 Å². The van der Waals surface area contributed by atoms with Gasteiger partial charge in [-0.05, 0) is 0 Å². The van der Waals surface area contributed by atoms with Gasteiger partial charge in [-0.1, -0.05) is 0 Å². The maximum Gasteiger partial charge on any atom is 0.255 e. The van der Waals surface area contributed by atoms with Gasteiger partial charge in [-0.3, -0.25) is 0 Å². The summed E-state index contributed by atoms with van der Waals surface area (Å²) in [6.07, 6.45) is 0.0487. The van der Waals surface area contributed by atoms with E-state index in [4.69, 9.17) is 6.57 Å². The molecule has 50 valence electrons. The lowest BCUT2D eigenvalue weighted by molar-refractivity contribution is 0.00889. The predicted molar refractivity (Wildman–Crippen MR) is 29.2 cm³/mol. The third-order valence-corrected chi connectivity index (χ3v) is 1.56. The summed E-state index contributed by atoms with van der Waals surface area (Å²) in [6, 6.07) is -0.417. The van der Waals surface area contributed by atoms with Gasteiger partial charge in [0.1, 0.15) is 0 Å². The summed E-state index contributed by atoms with van der Waals surface area (Å²) < 4.78 is 24.5. The van der Waals surface area contributed by atoms with Crippen molar-refractivity contribution in [3.63, 3.8) is 0 Å². The van der Waals surface area contributed by atoms with Gasteiger partial charge in [-0.2, -0.15) is 0 Å². The number of halogens is 2. The highest BCUT2D eigenvalue weighted by Crippen LogP contribution is 2.36. The summed E-state index contributed by atoms with van der Waals surface area (Å²) in [7, 11) is 0. The van der Waals surface area contributed by atoms with E-state index >= 15 is 0 Å². The van der Waals surface area contributed by atoms with Gasteiger partial charge in [0, 0.05) is 12.8 Å². The van der Waals surface area contributed by atoms with Gasteiger partial charge >= 0.3 is 0 Å². The average molecular weight is 131 g/mol. The molecule has 3 heteroatoms. The Balaban J connectivity index is 2.50. The molecule has 0 aliphatic heterocycles. The zero-order valence-corrected chi connectivity index (χ0v) is 4.90. The summed E-state index contributed by atoms with van der Waals surface area (Å²) in [4.78, 5) is 3.05. The van der Waals surface area contributed by atoms with Crippen LogP contribution in [0, 0.1) is 6.57 Å². The first-order chi connectivity index (χ1) is 4.14. The molecule has 1 saturated carbocycles. The van der Waals surface area contributed by atoms with E-state index in [2.05, 4.69) is 4.85 Å². The Morgan fingerprint density at radius 1 is 1.56 bits per heavy atom. The number of rotatable bonds is 0. The van der Waals surface area contributed by atoms with Crippen molar-refractivity contribution in [1.29, 1.82) is 0 Å². The normalized spacial score (nSPS) is 31.9. The van der Waals surface area contributed by atoms with Crippen molar-refractivity contribution in [1.82, 2.24) is 0 Å². The van der Waals surface area contributed by atoms with Crippen LogP contribution in [0.1, 0.15) is 19.3 Å². The number of alkyl halides is 2. The molecule has 1 nitrogen and oxygen atoms in total. The predicted octanol–water partition coefficient (Wildman–Crippen LogP) is 2.09. The number of hydrogen-bond donors (Lipinski definition) is 0. The summed E-state index contributed by atoms with van der Waals surface area (Å²) in [5.74, 6) is -2.55. The highest BCUT2D eigenvalue weighted by atomic mass is 19.3. The molecule has 9 heavy (non-hydrogen) atoms. The van der Waals surface area contributed by atoms with Gasteiger partial charge in [0.05, 0.1) is 6.42 Å². The minimum absolute atomic E-state index is 0.0972. The lowest BCUT2D eigenvalue weighted by atomic mass is 10.3. The smallest absolute Gasteiger partial charge is 0.255 e. The standard InChI is InChI=1S/C6H7F2N/c1-9-5-2-3-6(7,8)4-5/h5H,2-4H2/t5-/m0/s1. The molecular formula is C6H7F2N. The van der Waals surface area contributed by atoms with Crippen LogP contribution in [0.15, 0.2) is 0 Å². The van der Waals surface area contributed by atoms with Gasteiger partial charge in [0.15, 0.2) is 0 Å². The minimum Gasteiger partial charge on any atom is -0.313 e. The molecule has 0 unspecified atom stereocenters. The first-order valence-corrected chi connectivity index (χ1v) is 2.88. The average Bonchev–Trinajstić information content (AvgIpc) is 2.10. The molecule has 1 aliphatic carbocycles. The molecule has 0 radical (unpaired) electrons. The first-order valence-electron chi connectivity index (χ1n) is 2.88. The summed E-state index contributed by atoms with van der Waals surface area (Å²) in [5, 5.41) is 0. The minimum atomic E-state index is -2.55. The SMILES string of the molecule is [C-]#[N+][C@H]1CCC(F)(F)C1. The first kappa shape index (κ1) is 6.47. The molecule has 0 bridgehead atoms. The second kappa shape index (κ2) is 1.94. The van der Waals surface area contributed by atoms with Crippen LogP contribution in [-0.2, 0) is 0 Å². The van der Waals surface area contributed by atoms with Crippen molar-refractivity contribution in [2.75, 3.05) is 0 Å².